The van der Waals surface area contributed by atoms with Crippen molar-refractivity contribution in [1.29, 1.82) is 0 Å². The molecule has 1 aromatic heterocycles. The van der Waals surface area contributed by atoms with Crippen LogP contribution in [-0.4, -0.2) is 28.8 Å². The van der Waals surface area contributed by atoms with Crippen LogP contribution in [0.4, 0.5) is 5.82 Å². The van der Waals surface area contributed by atoms with Crippen molar-refractivity contribution in [2.45, 2.75) is 32.9 Å². The highest BCUT2D eigenvalue weighted by Crippen LogP contribution is 2.12. The van der Waals surface area contributed by atoms with Crippen molar-refractivity contribution in [1.82, 2.24) is 10.3 Å². The third-order valence-electron chi connectivity index (χ3n) is 2.10. The maximum Gasteiger partial charge on any atom is 0.130 e. The van der Waals surface area contributed by atoms with E-state index in [1.165, 1.54) is 0 Å². The molecule has 0 aromatic carbocycles. The van der Waals surface area contributed by atoms with Gasteiger partial charge in [0.2, 0.25) is 0 Å². The molecule has 0 aliphatic rings. The molecule has 0 radical (unpaired) electrons. The Kier molecular flexibility index (Phi) is 4.71. The van der Waals surface area contributed by atoms with Crippen LogP contribution in [0.2, 0.25) is 0 Å². The molecule has 0 unspecified atom stereocenters. The van der Waals surface area contributed by atoms with E-state index in [9.17, 15) is 0 Å². The van der Waals surface area contributed by atoms with Crippen LogP contribution in [0.1, 0.15) is 26.3 Å². The van der Waals surface area contributed by atoms with Crippen molar-refractivity contribution in [3.63, 3.8) is 0 Å². The number of hydrogen-bond donors (Lipinski definition) is 3. The van der Waals surface area contributed by atoms with Gasteiger partial charge in [0.15, 0.2) is 0 Å². The predicted molar refractivity (Wildman–Crippen MR) is 66.4 cm³/mol. The van der Waals surface area contributed by atoms with E-state index >= 15 is 0 Å². The van der Waals surface area contributed by atoms with E-state index in [4.69, 9.17) is 5.11 Å². The second kappa shape index (κ2) is 5.82. The maximum atomic E-state index is 8.77. The molecule has 0 bridgehead atoms. The highest BCUT2D eigenvalue weighted by Gasteiger charge is 2.10. The third-order valence-corrected chi connectivity index (χ3v) is 2.10. The molecule has 3 N–H and O–H groups in total. The van der Waals surface area contributed by atoms with E-state index in [1.54, 1.807) is 6.20 Å². The van der Waals surface area contributed by atoms with Gasteiger partial charge in [-0.1, -0.05) is 6.07 Å². The SMILES string of the molecule is CC(C)(C)NCc1cccnc1NCCO. The van der Waals surface area contributed by atoms with E-state index in [0.29, 0.717) is 6.54 Å². The Hall–Kier alpha value is -1.13. The molecule has 0 aliphatic carbocycles. The molecule has 0 saturated heterocycles. The molecule has 16 heavy (non-hydrogen) atoms. The standard InChI is InChI=1S/C12H21N3O/c1-12(2,3)15-9-10-5-4-6-13-11(10)14-7-8-16/h4-6,15-16H,7-9H2,1-3H3,(H,13,14). The summed E-state index contributed by atoms with van der Waals surface area (Å²) in [6.45, 7) is 7.80. The van der Waals surface area contributed by atoms with Crippen molar-refractivity contribution in [3.05, 3.63) is 23.9 Å². The number of pyridine rings is 1. The molecular formula is C12H21N3O. The maximum absolute atomic E-state index is 8.77. The molecule has 1 rings (SSSR count). The minimum Gasteiger partial charge on any atom is -0.395 e. The zero-order chi connectivity index (χ0) is 12.0. The molecule has 0 aliphatic heterocycles. The van der Waals surface area contributed by atoms with Gasteiger partial charge in [-0.2, -0.15) is 0 Å². The first kappa shape index (κ1) is 12.9. The molecular weight excluding hydrogens is 202 g/mol. The van der Waals surface area contributed by atoms with Crippen LogP contribution in [0.25, 0.3) is 0 Å². The van der Waals surface area contributed by atoms with E-state index in [0.717, 1.165) is 17.9 Å². The first-order valence-corrected chi connectivity index (χ1v) is 5.56. The minimum absolute atomic E-state index is 0.0874. The monoisotopic (exact) mass is 223 g/mol. The van der Waals surface area contributed by atoms with Crippen LogP contribution in [0, 0.1) is 0 Å². The summed E-state index contributed by atoms with van der Waals surface area (Å²) >= 11 is 0. The summed E-state index contributed by atoms with van der Waals surface area (Å²) in [6.07, 6.45) is 1.75. The van der Waals surface area contributed by atoms with Gasteiger partial charge in [-0.3, -0.25) is 0 Å². The summed E-state index contributed by atoms with van der Waals surface area (Å²) in [5.74, 6) is 0.841. The molecule has 0 spiro atoms. The van der Waals surface area contributed by atoms with Gasteiger partial charge in [-0.25, -0.2) is 4.98 Å². The van der Waals surface area contributed by atoms with Gasteiger partial charge in [0, 0.05) is 30.4 Å². The molecule has 1 aromatic rings. The first-order chi connectivity index (χ1) is 7.53. The van der Waals surface area contributed by atoms with Crippen LogP contribution >= 0.6 is 0 Å². The lowest BCUT2D eigenvalue weighted by Crippen LogP contribution is -2.35. The molecule has 0 saturated carbocycles. The number of hydrogen-bond acceptors (Lipinski definition) is 4. The van der Waals surface area contributed by atoms with E-state index in [2.05, 4.69) is 36.4 Å². The lowest BCUT2D eigenvalue weighted by atomic mass is 10.1. The van der Waals surface area contributed by atoms with Crippen LogP contribution in [-0.2, 0) is 6.54 Å². The van der Waals surface area contributed by atoms with Crippen LogP contribution in [0.3, 0.4) is 0 Å². The summed E-state index contributed by atoms with van der Waals surface area (Å²) in [4.78, 5) is 4.25. The normalized spacial score (nSPS) is 11.5. The predicted octanol–water partition coefficient (Wildman–Crippen LogP) is 1.37. The zero-order valence-corrected chi connectivity index (χ0v) is 10.2. The molecule has 90 valence electrons. The fourth-order valence-electron chi connectivity index (χ4n) is 1.28. The second-order valence-corrected chi connectivity index (χ2v) is 4.77. The van der Waals surface area contributed by atoms with Crippen LogP contribution in [0.15, 0.2) is 18.3 Å². The largest absolute Gasteiger partial charge is 0.395 e. The van der Waals surface area contributed by atoms with Crippen molar-refractivity contribution >= 4 is 5.82 Å². The van der Waals surface area contributed by atoms with Crippen molar-refractivity contribution in [2.24, 2.45) is 0 Å². The number of nitrogens with zero attached hydrogens (tertiary/aromatic N) is 1. The van der Waals surface area contributed by atoms with E-state index in [1.807, 2.05) is 12.1 Å². The zero-order valence-electron chi connectivity index (χ0n) is 10.2. The molecule has 4 heteroatoms. The number of aliphatic hydroxyl groups is 1. The van der Waals surface area contributed by atoms with Crippen molar-refractivity contribution in [2.75, 3.05) is 18.5 Å². The Balaban J connectivity index is 2.63. The van der Waals surface area contributed by atoms with Crippen LogP contribution in [0.5, 0.6) is 0 Å². The van der Waals surface area contributed by atoms with Crippen molar-refractivity contribution < 1.29 is 5.11 Å². The Bertz CT molecular complexity index is 320. The first-order valence-electron chi connectivity index (χ1n) is 5.56. The number of nitrogens with one attached hydrogen (secondary N) is 2. The van der Waals surface area contributed by atoms with Gasteiger partial charge in [-0.05, 0) is 26.8 Å². The van der Waals surface area contributed by atoms with Crippen molar-refractivity contribution in [3.8, 4) is 0 Å². The Morgan fingerprint density at radius 2 is 2.12 bits per heavy atom. The van der Waals surface area contributed by atoms with Gasteiger partial charge in [0.1, 0.15) is 5.82 Å². The van der Waals surface area contributed by atoms with Gasteiger partial charge in [0.05, 0.1) is 6.61 Å². The quantitative estimate of drug-likeness (QED) is 0.706. The minimum atomic E-state index is 0.0874. The van der Waals surface area contributed by atoms with Gasteiger partial charge >= 0.3 is 0 Å². The Morgan fingerprint density at radius 3 is 2.75 bits per heavy atom. The summed E-state index contributed by atoms with van der Waals surface area (Å²) in [5, 5.41) is 15.3. The van der Waals surface area contributed by atoms with E-state index < -0.39 is 0 Å². The number of aromatic nitrogens is 1. The topological polar surface area (TPSA) is 57.2 Å². The van der Waals surface area contributed by atoms with E-state index in [-0.39, 0.29) is 12.1 Å². The molecule has 0 amide bonds. The average Bonchev–Trinajstić information content (AvgIpc) is 2.23. The Morgan fingerprint density at radius 1 is 1.38 bits per heavy atom. The summed E-state index contributed by atoms with van der Waals surface area (Å²) in [7, 11) is 0. The molecule has 4 nitrogen and oxygen atoms in total. The highest BCUT2D eigenvalue weighted by atomic mass is 16.3. The van der Waals surface area contributed by atoms with Gasteiger partial charge < -0.3 is 15.7 Å². The molecule has 0 fully saturated rings. The van der Waals surface area contributed by atoms with Gasteiger partial charge in [0.25, 0.3) is 0 Å². The Labute approximate surface area is 97.1 Å². The highest BCUT2D eigenvalue weighted by molar-refractivity contribution is 5.43. The number of anilines is 1. The fraction of sp³-hybridized carbons (Fsp3) is 0.583. The fourth-order valence-corrected chi connectivity index (χ4v) is 1.28. The average molecular weight is 223 g/mol. The third kappa shape index (κ3) is 4.59. The summed E-state index contributed by atoms with van der Waals surface area (Å²) < 4.78 is 0. The smallest absolute Gasteiger partial charge is 0.130 e. The number of rotatable bonds is 5. The summed E-state index contributed by atoms with van der Waals surface area (Å²) in [5.41, 5.74) is 1.20. The van der Waals surface area contributed by atoms with Crippen LogP contribution < -0.4 is 10.6 Å². The molecule has 1 heterocycles. The molecule has 0 atom stereocenters. The number of aliphatic hydroxyl groups excluding tert-OH is 1. The summed E-state index contributed by atoms with van der Waals surface area (Å²) in [6, 6.07) is 3.95. The lowest BCUT2D eigenvalue weighted by molar-refractivity contribution is 0.311. The second-order valence-electron chi connectivity index (χ2n) is 4.77. The van der Waals surface area contributed by atoms with Gasteiger partial charge in [-0.15, -0.1) is 0 Å². The lowest BCUT2D eigenvalue weighted by Gasteiger charge is -2.21.